The van der Waals surface area contributed by atoms with E-state index >= 15 is 0 Å². The van der Waals surface area contributed by atoms with Crippen LogP contribution in [0.4, 0.5) is 5.69 Å². The normalized spacial score (nSPS) is 11.5. The molecule has 0 radical (unpaired) electrons. The largest absolute Gasteiger partial charge is 0.497 e. The Hall–Kier alpha value is -1.60. The van der Waals surface area contributed by atoms with Crippen molar-refractivity contribution in [2.24, 2.45) is 0 Å². The fourth-order valence-corrected chi connectivity index (χ4v) is 2.45. The third-order valence-electron chi connectivity index (χ3n) is 3.13. The molecule has 1 rings (SSSR count). The molecule has 1 aromatic carbocycles. The van der Waals surface area contributed by atoms with Crippen molar-refractivity contribution >= 4 is 21.6 Å². The average molecular weight is 328 g/mol. The second-order valence-electron chi connectivity index (χ2n) is 5.22. The maximum absolute atomic E-state index is 11.8. The molecule has 0 unspecified atom stereocenters. The maximum Gasteiger partial charge on any atom is 0.224 e. The van der Waals surface area contributed by atoms with Gasteiger partial charge in [-0.2, -0.15) is 0 Å². The van der Waals surface area contributed by atoms with Crippen molar-refractivity contribution in [1.82, 2.24) is 4.72 Å². The van der Waals surface area contributed by atoms with Crippen molar-refractivity contribution in [3.05, 3.63) is 24.3 Å². The van der Waals surface area contributed by atoms with Gasteiger partial charge in [0.2, 0.25) is 15.9 Å². The topological polar surface area (TPSA) is 84.5 Å². The molecular formula is C15H24N2O4S. The summed E-state index contributed by atoms with van der Waals surface area (Å²) < 4.78 is 30.6. The number of hydrogen-bond donors (Lipinski definition) is 2. The Kier molecular flexibility index (Phi) is 7.34. The lowest BCUT2D eigenvalue weighted by atomic mass is 10.2. The fraction of sp³-hybridized carbons (Fsp3) is 0.533. The second-order valence-corrected chi connectivity index (χ2v) is 7.54. The van der Waals surface area contributed by atoms with Gasteiger partial charge in [0.25, 0.3) is 0 Å². The summed E-state index contributed by atoms with van der Waals surface area (Å²) in [6.07, 6.45) is 1.61. The van der Waals surface area contributed by atoms with E-state index in [9.17, 15) is 13.2 Å². The lowest BCUT2D eigenvalue weighted by Crippen LogP contribution is -2.31. The van der Waals surface area contributed by atoms with Gasteiger partial charge in [-0.3, -0.25) is 4.79 Å². The van der Waals surface area contributed by atoms with Crippen LogP contribution >= 0.6 is 0 Å². The van der Waals surface area contributed by atoms with Gasteiger partial charge in [-0.15, -0.1) is 0 Å². The first-order valence-corrected chi connectivity index (χ1v) is 8.82. The SMILES string of the molecule is COc1ccc(NC(=O)CCCCNS(=O)(=O)C(C)C)cc1. The van der Waals surface area contributed by atoms with E-state index in [0.717, 1.165) is 5.75 Å². The quantitative estimate of drug-likeness (QED) is 0.680. The van der Waals surface area contributed by atoms with Crippen LogP contribution in [0.15, 0.2) is 24.3 Å². The highest BCUT2D eigenvalue weighted by Crippen LogP contribution is 2.15. The highest BCUT2D eigenvalue weighted by molar-refractivity contribution is 7.90. The number of carbonyl (C=O) groups is 1. The van der Waals surface area contributed by atoms with E-state index in [1.807, 2.05) is 0 Å². The molecule has 1 aromatic rings. The Morgan fingerprint density at radius 1 is 1.18 bits per heavy atom. The number of methoxy groups -OCH3 is 1. The molecule has 0 aliphatic rings. The van der Waals surface area contributed by atoms with Gasteiger partial charge in [-0.1, -0.05) is 0 Å². The molecule has 0 aliphatic heterocycles. The third-order valence-corrected chi connectivity index (χ3v) is 4.98. The predicted octanol–water partition coefficient (Wildman–Crippen LogP) is 2.13. The number of nitrogens with one attached hydrogen (secondary N) is 2. The van der Waals surface area contributed by atoms with E-state index in [1.165, 1.54) is 0 Å². The number of ether oxygens (including phenoxy) is 1. The van der Waals surface area contributed by atoms with E-state index in [-0.39, 0.29) is 5.91 Å². The molecule has 0 saturated heterocycles. The first kappa shape index (κ1) is 18.4. The molecule has 0 fully saturated rings. The van der Waals surface area contributed by atoms with Crippen LogP contribution in [0.3, 0.4) is 0 Å². The molecule has 22 heavy (non-hydrogen) atoms. The Morgan fingerprint density at radius 2 is 1.82 bits per heavy atom. The van der Waals surface area contributed by atoms with E-state index in [2.05, 4.69) is 10.0 Å². The number of sulfonamides is 1. The van der Waals surface area contributed by atoms with Gasteiger partial charge in [0.1, 0.15) is 5.75 Å². The first-order chi connectivity index (χ1) is 10.3. The standard InChI is InChI=1S/C15H24N2O4S/c1-12(2)22(19,20)16-11-5-4-6-15(18)17-13-7-9-14(21-3)10-8-13/h7-10,12,16H,4-6,11H2,1-3H3,(H,17,18). The monoisotopic (exact) mass is 328 g/mol. The molecule has 0 aromatic heterocycles. The Labute approximate surface area is 132 Å². The van der Waals surface area contributed by atoms with Gasteiger partial charge in [-0.05, 0) is 51.0 Å². The van der Waals surface area contributed by atoms with Crippen LogP contribution in [0.25, 0.3) is 0 Å². The van der Waals surface area contributed by atoms with Gasteiger partial charge in [0, 0.05) is 18.7 Å². The summed E-state index contributed by atoms with van der Waals surface area (Å²) in [4.78, 5) is 11.8. The lowest BCUT2D eigenvalue weighted by Gasteiger charge is -2.09. The lowest BCUT2D eigenvalue weighted by molar-refractivity contribution is -0.116. The summed E-state index contributed by atoms with van der Waals surface area (Å²) in [5.41, 5.74) is 0.714. The number of hydrogen-bond acceptors (Lipinski definition) is 4. The Morgan fingerprint density at radius 3 is 2.36 bits per heavy atom. The third kappa shape index (κ3) is 6.44. The molecule has 0 bridgehead atoms. The minimum absolute atomic E-state index is 0.0862. The maximum atomic E-state index is 11.8. The van der Waals surface area contributed by atoms with Crippen molar-refractivity contribution in [1.29, 1.82) is 0 Å². The molecule has 0 spiro atoms. The summed E-state index contributed by atoms with van der Waals surface area (Å²) in [5.74, 6) is 0.646. The highest BCUT2D eigenvalue weighted by atomic mass is 32.2. The molecule has 1 amide bonds. The molecule has 6 nitrogen and oxygen atoms in total. The number of unbranched alkanes of at least 4 members (excludes halogenated alkanes) is 1. The summed E-state index contributed by atoms with van der Waals surface area (Å²) >= 11 is 0. The predicted molar refractivity (Wildman–Crippen MR) is 87.5 cm³/mol. The number of carbonyl (C=O) groups excluding carboxylic acids is 1. The van der Waals surface area contributed by atoms with Gasteiger partial charge in [-0.25, -0.2) is 13.1 Å². The molecule has 0 atom stereocenters. The highest BCUT2D eigenvalue weighted by Gasteiger charge is 2.14. The van der Waals surface area contributed by atoms with Crippen molar-refractivity contribution in [3.63, 3.8) is 0 Å². The van der Waals surface area contributed by atoms with Crippen molar-refractivity contribution in [3.8, 4) is 5.75 Å². The molecule has 124 valence electrons. The summed E-state index contributed by atoms with van der Waals surface area (Å²) in [6, 6.07) is 7.09. The van der Waals surface area contributed by atoms with Gasteiger partial charge < -0.3 is 10.1 Å². The smallest absolute Gasteiger partial charge is 0.224 e. The van der Waals surface area contributed by atoms with Crippen LogP contribution in [0.1, 0.15) is 33.1 Å². The van der Waals surface area contributed by atoms with Crippen LogP contribution in [0.2, 0.25) is 0 Å². The summed E-state index contributed by atoms with van der Waals surface area (Å²) in [7, 11) is -1.63. The molecule has 0 saturated carbocycles. The van der Waals surface area contributed by atoms with E-state index in [1.54, 1.807) is 45.2 Å². The molecule has 7 heteroatoms. The van der Waals surface area contributed by atoms with Gasteiger partial charge in [0.15, 0.2) is 0 Å². The minimum atomic E-state index is -3.22. The van der Waals surface area contributed by atoms with Crippen molar-refractivity contribution in [2.45, 2.75) is 38.4 Å². The van der Waals surface area contributed by atoms with Crippen LogP contribution in [-0.4, -0.2) is 33.2 Å². The number of amides is 1. The second kappa shape index (κ2) is 8.75. The minimum Gasteiger partial charge on any atom is -0.497 e. The van der Waals surface area contributed by atoms with E-state index < -0.39 is 15.3 Å². The van der Waals surface area contributed by atoms with E-state index in [4.69, 9.17) is 4.74 Å². The number of anilines is 1. The van der Waals surface area contributed by atoms with Gasteiger partial charge >= 0.3 is 0 Å². The van der Waals surface area contributed by atoms with Crippen LogP contribution in [0.5, 0.6) is 5.75 Å². The Bertz CT molecular complexity index is 568. The van der Waals surface area contributed by atoms with Crippen LogP contribution in [-0.2, 0) is 14.8 Å². The number of rotatable bonds is 9. The average Bonchev–Trinajstić information content (AvgIpc) is 2.47. The zero-order valence-corrected chi connectivity index (χ0v) is 14.1. The van der Waals surface area contributed by atoms with Crippen LogP contribution < -0.4 is 14.8 Å². The number of benzene rings is 1. The molecule has 0 aliphatic carbocycles. The Balaban J connectivity index is 2.23. The molecular weight excluding hydrogens is 304 g/mol. The summed E-state index contributed by atoms with van der Waals surface area (Å²) in [6.45, 7) is 3.62. The van der Waals surface area contributed by atoms with E-state index in [0.29, 0.717) is 31.5 Å². The molecule has 2 N–H and O–H groups in total. The van der Waals surface area contributed by atoms with Crippen molar-refractivity contribution < 1.29 is 17.9 Å². The van der Waals surface area contributed by atoms with Gasteiger partial charge in [0.05, 0.1) is 12.4 Å². The van der Waals surface area contributed by atoms with Crippen molar-refractivity contribution in [2.75, 3.05) is 19.0 Å². The fourth-order valence-electron chi connectivity index (χ4n) is 1.69. The zero-order valence-electron chi connectivity index (χ0n) is 13.3. The molecule has 0 heterocycles. The first-order valence-electron chi connectivity index (χ1n) is 7.27. The van der Waals surface area contributed by atoms with Crippen LogP contribution in [0, 0.1) is 0 Å². The zero-order chi connectivity index (χ0) is 16.6. The summed E-state index contributed by atoms with van der Waals surface area (Å²) in [5, 5.41) is 2.35.